The summed E-state index contributed by atoms with van der Waals surface area (Å²) >= 11 is 0. The Bertz CT molecular complexity index is 320. The van der Waals surface area contributed by atoms with Gasteiger partial charge in [-0.3, -0.25) is 0 Å². The van der Waals surface area contributed by atoms with E-state index in [4.69, 9.17) is 5.11 Å². The van der Waals surface area contributed by atoms with Crippen LogP contribution in [0.2, 0.25) is 0 Å². The van der Waals surface area contributed by atoms with Crippen LogP contribution < -0.4 is 0 Å². The number of urea groups is 1. The summed E-state index contributed by atoms with van der Waals surface area (Å²) in [5.41, 5.74) is 0. The summed E-state index contributed by atoms with van der Waals surface area (Å²) in [5, 5.41) is 8.95. The summed E-state index contributed by atoms with van der Waals surface area (Å²) in [6.45, 7) is 5.23. The molecule has 5 nitrogen and oxygen atoms in total. The minimum Gasteiger partial charge on any atom is -0.480 e. The third-order valence-electron chi connectivity index (χ3n) is 4.06. The maximum Gasteiger partial charge on any atom is 0.326 e. The van der Waals surface area contributed by atoms with Crippen LogP contribution in [0.15, 0.2) is 0 Å². The van der Waals surface area contributed by atoms with Crippen LogP contribution >= 0.6 is 0 Å². The highest BCUT2D eigenvalue weighted by molar-refractivity contribution is 5.82. The van der Waals surface area contributed by atoms with Crippen LogP contribution in [-0.4, -0.2) is 53.1 Å². The van der Waals surface area contributed by atoms with Gasteiger partial charge in [0.1, 0.15) is 6.04 Å². The van der Waals surface area contributed by atoms with E-state index in [0.717, 1.165) is 25.9 Å². The third kappa shape index (κ3) is 4.40. The maximum absolute atomic E-state index is 12.2. The molecular formula is C14H26N2O3. The van der Waals surface area contributed by atoms with Gasteiger partial charge >= 0.3 is 12.0 Å². The van der Waals surface area contributed by atoms with E-state index in [2.05, 4.69) is 6.92 Å². The minimum absolute atomic E-state index is 0.160. The van der Waals surface area contributed by atoms with Gasteiger partial charge in [-0.1, -0.05) is 19.8 Å². The van der Waals surface area contributed by atoms with Crippen LogP contribution in [0.3, 0.4) is 0 Å². The summed E-state index contributed by atoms with van der Waals surface area (Å²) < 4.78 is 0. The summed E-state index contributed by atoms with van der Waals surface area (Å²) in [6, 6.07) is -0.936. The Labute approximate surface area is 115 Å². The number of carboxylic acids is 1. The lowest BCUT2D eigenvalue weighted by Gasteiger charge is -2.29. The summed E-state index contributed by atoms with van der Waals surface area (Å²) in [7, 11) is 1.57. The summed E-state index contributed by atoms with van der Waals surface area (Å²) in [6.07, 6.45) is 5.65. The van der Waals surface area contributed by atoms with Crippen molar-refractivity contribution in [3.8, 4) is 0 Å². The number of likely N-dealkylation sites (tertiary alicyclic amines) is 1. The lowest BCUT2D eigenvalue weighted by Crippen LogP contribution is -2.48. The quantitative estimate of drug-likeness (QED) is 0.853. The molecule has 110 valence electrons. The molecule has 1 heterocycles. The molecule has 1 fully saturated rings. The van der Waals surface area contributed by atoms with Gasteiger partial charge in [0.25, 0.3) is 0 Å². The van der Waals surface area contributed by atoms with E-state index in [9.17, 15) is 9.59 Å². The number of hydrogen-bond donors (Lipinski definition) is 1. The third-order valence-corrected chi connectivity index (χ3v) is 4.06. The molecule has 2 atom stereocenters. The zero-order valence-corrected chi connectivity index (χ0v) is 12.3. The van der Waals surface area contributed by atoms with E-state index in [1.165, 1.54) is 31.1 Å². The largest absolute Gasteiger partial charge is 0.480 e. The Hall–Kier alpha value is -1.26. The van der Waals surface area contributed by atoms with Crippen molar-refractivity contribution >= 4 is 12.0 Å². The fourth-order valence-electron chi connectivity index (χ4n) is 2.61. The highest BCUT2D eigenvalue weighted by Crippen LogP contribution is 2.22. The molecule has 0 spiro atoms. The van der Waals surface area contributed by atoms with Crippen molar-refractivity contribution in [1.82, 2.24) is 9.80 Å². The van der Waals surface area contributed by atoms with Gasteiger partial charge in [-0.15, -0.1) is 0 Å². The number of carbonyl (C=O) groups is 2. The lowest BCUT2D eigenvalue weighted by molar-refractivity contribution is -0.141. The number of rotatable bonds is 4. The molecule has 1 rings (SSSR count). The molecule has 0 aromatic heterocycles. The Morgan fingerprint density at radius 2 is 2.05 bits per heavy atom. The van der Waals surface area contributed by atoms with Crippen molar-refractivity contribution in [3.63, 3.8) is 0 Å². The first-order valence-electron chi connectivity index (χ1n) is 7.21. The molecule has 0 aromatic rings. The topological polar surface area (TPSA) is 60.9 Å². The number of likely N-dealkylation sites (N-methyl/N-ethyl adjacent to an activating group) is 1. The first kappa shape index (κ1) is 15.8. The number of nitrogens with zero attached hydrogens (tertiary/aromatic N) is 2. The van der Waals surface area contributed by atoms with Gasteiger partial charge in [0.05, 0.1) is 0 Å². The second-order valence-corrected chi connectivity index (χ2v) is 5.48. The zero-order valence-electron chi connectivity index (χ0n) is 12.3. The van der Waals surface area contributed by atoms with Crippen LogP contribution in [0, 0.1) is 5.92 Å². The van der Waals surface area contributed by atoms with Crippen molar-refractivity contribution in [2.75, 3.05) is 20.1 Å². The summed E-state index contributed by atoms with van der Waals surface area (Å²) in [4.78, 5) is 26.3. The molecule has 1 aliphatic rings. The van der Waals surface area contributed by atoms with Crippen molar-refractivity contribution in [1.29, 1.82) is 0 Å². The van der Waals surface area contributed by atoms with E-state index in [0.29, 0.717) is 5.92 Å². The molecule has 1 saturated heterocycles. The van der Waals surface area contributed by atoms with Crippen LogP contribution in [-0.2, 0) is 4.79 Å². The normalized spacial score (nSPS) is 21.6. The highest BCUT2D eigenvalue weighted by atomic mass is 16.4. The molecule has 0 aliphatic carbocycles. The summed E-state index contributed by atoms with van der Waals surface area (Å²) in [5.74, 6) is -0.250. The minimum atomic E-state index is -0.963. The second kappa shape index (κ2) is 7.36. The van der Waals surface area contributed by atoms with Crippen molar-refractivity contribution < 1.29 is 14.7 Å². The Morgan fingerprint density at radius 3 is 2.63 bits per heavy atom. The first-order valence-corrected chi connectivity index (χ1v) is 7.21. The molecular weight excluding hydrogens is 244 g/mol. The van der Waals surface area contributed by atoms with Gasteiger partial charge in [-0.2, -0.15) is 0 Å². The predicted octanol–water partition coefficient (Wildman–Crippen LogP) is 2.41. The number of carbonyl (C=O) groups excluding carboxylic acids is 1. The molecule has 0 aromatic carbocycles. The van der Waals surface area contributed by atoms with Gasteiger partial charge < -0.3 is 14.9 Å². The molecule has 0 bridgehead atoms. The van der Waals surface area contributed by atoms with Crippen LogP contribution in [0.5, 0.6) is 0 Å². The lowest BCUT2D eigenvalue weighted by atomic mass is 9.96. The van der Waals surface area contributed by atoms with Crippen LogP contribution in [0.25, 0.3) is 0 Å². The molecule has 5 heteroatoms. The number of amides is 2. The van der Waals surface area contributed by atoms with E-state index >= 15 is 0 Å². The van der Waals surface area contributed by atoms with Crippen LogP contribution in [0.4, 0.5) is 4.79 Å². The fraction of sp³-hybridized carbons (Fsp3) is 0.857. The number of aliphatic carboxylic acids is 1. The molecule has 19 heavy (non-hydrogen) atoms. The van der Waals surface area contributed by atoms with E-state index in [-0.39, 0.29) is 6.03 Å². The van der Waals surface area contributed by atoms with Crippen molar-refractivity contribution in [2.24, 2.45) is 5.92 Å². The van der Waals surface area contributed by atoms with Crippen molar-refractivity contribution in [3.05, 3.63) is 0 Å². The second-order valence-electron chi connectivity index (χ2n) is 5.48. The zero-order chi connectivity index (χ0) is 14.4. The average Bonchev–Trinajstić information content (AvgIpc) is 2.62. The molecule has 0 radical (unpaired) electrons. The fourth-order valence-corrected chi connectivity index (χ4v) is 2.61. The van der Waals surface area contributed by atoms with Crippen molar-refractivity contribution in [2.45, 2.75) is 52.0 Å². The monoisotopic (exact) mass is 270 g/mol. The number of hydrogen-bond acceptors (Lipinski definition) is 2. The van der Waals surface area contributed by atoms with Gasteiger partial charge in [0, 0.05) is 20.1 Å². The Morgan fingerprint density at radius 1 is 1.37 bits per heavy atom. The maximum atomic E-state index is 12.2. The van der Waals surface area contributed by atoms with Gasteiger partial charge in [-0.25, -0.2) is 9.59 Å². The number of carboxylic acid groups (broad SMARTS) is 1. The SMILES string of the molecule is CCCC1CCCN(C(=O)N(C)C(C)C(=O)O)CC1. The van der Waals surface area contributed by atoms with Crippen LogP contribution in [0.1, 0.15) is 46.0 Å². The van der Waals surface area contributed by atoms with Gasteiger partial charge in [0.15, 0.2) is 0 Å². The average molecular weight is 270 g/mol. The molecule has 0 saturated carbocycles. The highest BCUT2D eigenvalue weighted by Gasteiger charge is 2.27. The standard InChI is InChI=1S/C14H26N2O3/c1-4-6-12-7-5-9-16(10-8-12)14(19)15(3)11(2)13(17)18/h11-12H,4-10H2,1-3H3,(H,17,18). The predicted molar refractivity (Wildman–Crippen MR) is 74.1 cm³/mol. The van der Waals surface area contributed by atoms with E-state index in [1.54, 1.807) is 11.9 Å². The van der Waals surface area contributed by atoms with E-state index in [1.807, 2.05) is 0 Å². The van der Waals surface area contributed by atoms with E-state index < -0.39 is 12.0 Å². The smallest absolute Gasteiger partial charge is 0.326 e. The molecule has 2 amide bonds. The molecule has 1 N–H and O–H groups in total. The van der Waals surface area contributed by atoms with Gasteiger partial charge in [0.2, 0.25) is 0 Å². The molecule has 1 aliphatic heterocycles. The first-order chi connectivity index (χ1) is 8.97. The van der Waals surface area contributed by atoms with Gasteiger partial charge in [-0.05, 0) is 32.1 Å². The molecule has 2 unspecified atom stereocenters. The Balaban J connectivity index is 2.55. The Kier molecular flexibility index (Phi) is 6.12.